The van der Waals surface area contributed by atoms with E-state index in [9.17, 15) is 9.18 Å². The van der Waals surface area contributed by atoms with Crippen LogP contribution in [0.5, 0.6) is 5.75 Å². The zero-order valence-corrected chi connectivity index (χ0v) is 9.37. The van der Waals surface area contributed by atoms with Crippen molar-refractivity contribution < 1.29 is 19.0 Å². The third-order valence-corrected chi connectivity index (χ3v) is 1.59. The number of phenolic OH excluding ortho intramolecular Hbond substituents is 1. The molecule has 1 aromatic rings. The zero-order valence-electron chi connectivity index (χ0n) is 9.37. The quantitative estimate of drug-likeness (QED) is 0.775. The Morgan fingerprint density at radius 2 is 2.06 bits per heavy atom. The van der Waals surface area contributed by atoms with E-state index >= 15 is 0 Å². The number of hydrogen-bond donors (Lipinski definition) is 2. The maximum Gasteiger partial charge on any atom is 0.412 e. The highest BCUT2D eigenvalue weighted by Gasteiger charge is 2.17. The summed E-state index contributed by atoms with van der Waals surface area (Å²) in [6.07, 6.45) is -0.767. The number of benzene rings is 1. The molecule has 1 aromatic carbocycles. The summed E-state index contributed by atoms with van der Waals surface area (Å²) in [6.45, 7) is 5.10. The van der Waals surface area contributed by atoms with Crippen molar-refractivity contribution in [3.8, 4) is 5.75 Å². The molecular formula is C11H14FNO3. The minimum Gasteiger partial charge on any atom is -0.508 e. The molecule has 0 saturated carbocycles. The van der Waals surface area contributed by atoms with Crippen molar-refractivity contribution in [2.75, 3.05) is 5.32 Å². The van der Waals surface area contributed by atoms with Crippen LogP contribution in [0.4, 0.5) is 14.9 Å². The number of carbonyl (C=O) groups excluding carboxylic acids is 1. The van der Waals surface area contributed by atoms with Crippen LogP contribution in [0.1, 0.15) is 20.8 Å². The van der Waals surface area contributed by atoms with Crippen molar-refractivity contribution in [3.63, 3.8) is 0 Å². The van der Waals surface area contributed by atoms with Crippen LogP contribution >= 0.6 is 0 Å². The van der Waals surface area contributed by atoms with Crippen molar-refractivity contribution in [1.29, 1.82) is 0 Å². The molecule has 88 valence electrons. The molecule has 0 atom stereocenters. The standard InChI is InChI=1S/C11H14FNO3/c1-11(2,3)16-10(15)13-9-6-7(14)4-5-8(9)12/h4-6,14H,1-3H3,(H,13,15). The lowest BCUT2D eigenvalue weighted by Crippen LogP contribution is -2.27. The molecule has 0 saturated heterocycles. The fourth-order valence-corrected chi connectivity index (χ4v) is 1.02. The molecule has 4 nitrogen and oxygen atoms in total. The van der Waals surface area contributed by atoms with Crippen LogP contribution in [0.2, 0.25) is 0 Å². The summed E-state index contributed by atoms with van der Waals surface area (Å²) in [5.74, 6) is -0.767. The van der Waals surface area contributed by atoms with Crippen molar-refractivity contribution in [1.82, 2.24) is 0 Å². The van der Waals surface area contributed by atoms with Gasteiger partial charge in [0.05, 0.1) is 5.69 Å². The minimum absolute atomic E-state index is 0.116. The molecular weight excluding hydrogens is 213 g/mol. The van der Waals surface area contributed by atoms with E-state index in [4.69, 9.17) is 9.84 Å². The molecule has 0 bridgehead atoms. The van der Waals surface area contributed by atoms with Crippen molar-refractivity contribution in [2.45, 2.75) is 26.4 Å². The Kier molecular flexibility index (Phi) is 3.37. The number of hydrogen-bond acceptors (Lipinski definition) is 3. The molecule has 0 aliphatic heterocycles. The highest BCUT2D eigenvalue weighted by atomic mass is 19.1. The molecule has 0 radical (unpaired) electrons. The fourth-order valence-electron chi connectivity index (χ4n) is 1.02. The maximum absolute atomic E-state index is 13.2. The van der Waals surface area contributed by atoms with Gasteiger partial charge in [-0.05, 0) is 32.9 Å². The number of nitrogens with one attached hydrogen (secondary N) is 1. The van der Waals surface area contributed by atoms with Gasteiger partial charge >= 0.3 is 6.09 Å². The predicted molar refractivity (Wildman–Crippen MR) is 57.9 cm³/mol. The Morgan fingerprint density at radius 1 is 1.44 bits per heavy atom. The summed E-state index contributed by atoms with van der Waals surface area (Å²) in [6, 6.07) is 3.36. The zero-order chi connectivity index (χ0) is 12.3. The van der Waals surface area contributed by atoms with Gasteiger partial charge in [-0.15, -0.1) is 0 Å². The number of anilines is 1. The summed E-state index contributed by atoms with van der Waals surface area (Å²) in [7, 11) is 0. The highest BCUT2D eigenvalue weighted by Crippen LogP contribution is 2.20. The summed E-state index contributed by atoms with van der Waals surface area (Å²) in [5, 5.41) is 11.3. The van der Waals surface area contributed by atoms with Crippen LogP contribution in [0.3, 0.4) is 0 Å². The summed E-state index contributed by atoms with van der Waals surface area (Å²) in [5.41, 5.74) is -0.772. The highest BCUT2D eigenvalue weighted by molar-refractivity contribution is 5.85. The second kappa shape index (κ2) is 4.38. The second-order valence-corrected chi connectivity index (χ2v) is 4.29. The van der Waals surface area contributed by atoms with Crippen molar-refractivity contribution in [2.24, 2.45) is 0 Å². The molecule has 0 aliphatic carbocycles. The lowest BCUT2D eigenvalue weighted by Gasteiger charge is -2.19. The van der Waals surface area contributed by atoms with Gasteiger partial charge in [-0.2, -0.15) is 0 Å². The Hall–Kier alpha value is -1.78. The topological polar surface area (TPSA) is 58.6 Å². The average Bonchev–Trinajstić information content (AvgIpc) is 2.08. The molecule has 1 rings (SSSR count). The van der Waals surface area contributed by atoms with Gasteiger partial charge in [-0.25, -0.2) is 9.18 Å². The first-order valence-electron chi connectivity index (χ1n) is 4.76. The Labute approximate surface area is 93.0 Å². The van der Waals surface area contributed by atoms with Crippen molar-refractivity contribution >= 4 is 11.8 Å². The van der Waals surface area contributed by atoms with Crippen LogP contribution in [0.25, 0.3) is 0 Å². The SMILES string of the molecule is CC(C)(C)OC(=O)Nc1cc(O)ccc1F. The van der Waals surface area contributed by atoms with E-state index in [1.54, 1.807) is 20.8 Å². The second-order valence-electron chi connectivity index (χ2n) is 4.29. The average molecular weight is 227 g/mol. The first kappa shape index (κ1) is 12.3. The molecule has 5 heteroatoms. The Bertz CT molecular complexity index is 399. The molecule has 0 aromatic heterocycles. The summed E-state index contributed by atoms with van der Waals surface area (Å²) < 4.78 is 18.1. The predicted octanol–water partition coefficient (Wildman–Crippen LogP) is 2.88. The van der Waals surface area contributed by atoms with Gasteiger partial charge in [0, 0.05) is 6.07 Å². The first-order chi connectivity index (χ1) is 7.28. The number of amides is 1. The van der Waals surface area contributed by atoms with Gasteiger partial charge in [0.2, 0.25) is 0 Å². The van der Waals surface area contributed by atoms with E-state index in [2.05, 4.69) is 5.32 Å². The van der Waals surface area contributed by atoms with E-state index in [1.165, 1.54) is 6.07 Å². The normalized spacial score (nSPS) is 11.0. The molecule has 0 heterocycles. The van der Waals surface area contributed by atoms with E-state index in [0.717, 1.165) is 12.1 Å². The first-order valence-corrected chi connectivity index (χ1v) is 4.76. The molecule has 0 spiro atoms. The summed E-state index contributed by atoms with van der Waals surface area (Å²) in [4.78, 5) is 11.3. The lowest BCUT2D eigenvalue weighted by atomic mass is 10.2. The smallest absolute Gasteiger partial charge is 0.412 e. The summed E-state index contributed by atoms with van der Waals surface area (Å²) >= 11 is 0. The fraction of sp³-hybridized carbons (Fsp3) is 0.364. The van der Waals surface area contributed by atoms with Crippen LogP contribution in [0.15, 0.2) is 18.2 Å². The van der Waals surface area contributed by atoms with E-state index < -0.39 is 17.5 Å². The molecule has 2 N–H and O–H groups in total. The van der Waals surface area contributed by atoms with E-state index in [0.29, 0.717) is 0 Å². The monoisotopic (exact) mass is 227 g/mol. The number of rotatable bonds is 1. The van der Waals surface area contributed by atoms with Crippen LogP contribution < -0.4 is 5.32 Å². The molecule has 0 aliphatic rings. The third-order valence-electron chi connectivity index (χ3n) is 1.59. The Morgan fingerprint density at radius 3 is 2.62 bits per heavy atom. The number of aromatic hydroxyl groups is 1. The van der Waals surface area contributed by atoms with Gasteiger partial charge < -0.3 is 9.84 Å². The number of ether oxygens (including phenoxy) is 1. The number of halogens is 1. The van der Waals surface area contributed by atoms with Crippen LogP contribution in [-0.2, 0) is 4.74 Å². The molecule has 0 fully saturated rings. The molecule has 0 unspecified atom stereocenters. The Balaban J connectivity index is 2.73. The minimum atomic E-state index is -0.767. The van der Waals surface area contributed by atoms with Gasteiger partial charge in [0.15, 0.2) is 0 Å². The third kappa shape index (κ3) is 3.76. The molecule has 1 amide bonds. The lowest BCUT2D eigenvalue weighted by molar-refractivity contribution is 0.0635. The van der Waals surface area contributed by atoms with Gasteiger partial charge in [0.25, 0.3) is 0 Å². The largest absolute Gasteiger partial charge is 0.508 e. The van der Waals surface area contributed by atoms with Crippen molar-refractivity contribution in [3.05, 3.63) is 24.0 Å². The maximum atomic E-state index is 13.2. The van der Waals surface area contributed by atoms with Gasteiger partial charge in [0.1, 0.15) is 17.2 Å². The van der Waals surface area contributed by atoms with Gasteiger partial charge in [-0.1, -0.05) is 0 Å². The molecule has 16 heavy (non-hydrogen) atoms. The van der Waals surface area contributed by atoms with E-state index in [-0.39, 0.29) is 11.4 Å². The van der Waals surface area contributed by atoms with E-state index in [1.807, 2.05) is 0 Å². The van der Waals surface area contributed by atoms with Gasteiger partial charge in [-0.3, -0.25) is 5.32 Å². The number of phenols is 1. The van der Waals surface area contributed by atoms with Crippen LogP contribution in [0, 0.1) is 5.82 Å². The van der Waals surface area contributed by atoms with Crippen LogP contribution in [-0.4, -0.2) is 16.8 Å². The number of carbonyl (C=O) groups is 1.